The third-order valence-electron chi connectivity index (χ3n) is 4.92. The molecule has 0 fully saturated rings. The van der Waals surface area contributed by atoms with Crippen molar-refractivity contribution in [2.24, 2.45) is 5.92 Å². The Hall–Kier alpha value is -2.28. The molecule has 0 radical (unpaired) electrons. The Morgan fingerprint density at radius 1 is 1.03 bits per heavy atom. The van der Waals surface area contributed by atoms with Crippen LogP contribution >= 0.6 is 11.6 Å². The lowest BCUT2D eigenvalue weighted by Crippen LogP contribution is -2.34. The minimum Gasteiger partial charge on any atom is -0.383 e. The maximum Gasteiger partial charge on any atom is 0.168 e. The van der Waals surface area contributed by atoms with Gasteiger partial charge in [-0.2, -0.15) is 0 Å². The van der Waals surface area contributed by atoms with E-state index >= 15 is 0 Å². The van der Waals surface area contributed by atoms with Crippen molar-refractivity contribution in [1.82, 2.24) is 25.1 Å². The normalized spacial score (nSPS) is 12.6. The summed E-state index contributed by atoms with van der Waals surface area (Å²) in [5, 5.41) is 13.3. The van der Waals surface area contributed by atoms with Crippen molar-refractivity contribution >= 4 is 11.6 Å². The maximum absolute atomic E-state index is 6.49. The van der Waals surface area contributed by atoms with Crippen LogP contribution in [0, 0.1) is 5.92 Å². The van der Waals surface area contributed by atoms with E-state index in [0.717, 1.165) is 23.0 Å². The summed E-state index contributed by atoms with van der Waals surface area (Å²) < 4.78 is 7.08. The molecule has 1 aromatic heterocycles. The smallest absolute Gasteiger partial charge is 0.168 e. The maximum atomic E-state index is 6.49. The molecule has 0 spiro atoms. The van der Waals surface area contributed by atoms with Crippen LogP contribution in [0.2, 0.25) is 5.02 Å². The fourth-order valence-corrected chi connectivity index (χ4v) is 3.75. The van der Waals surface area contributed by atoms with Gasteiger partial charge in [-0.3, -0.25) is 4.90 Å². The molecule has 2 aromatic carbocycles. The average Bonchev–Trinajstić information content (AvgIpc) is 3.16. The highest BCUT2D eigenvalue weighted by atomic mass is 35.5. The molecule has 3 rings (SSSR count). The minimum absolute atomic E-state index is 0.0262. The van der Waals surface area contributed by atoms with Crippen molar-refractivity contribution in [2.75, 3.05) is 13.7 Å². The number of tetrazole rings is 1. The highest BCUT2D eigenvalue weighted by Gasteiger charge is 2.29. The first-order valence-corrected chi connectivity index (χ1v) is 10.2. The van der Waals surface area contributed by atoms with E-state index in [2.05, 4.69) is 64.6 Å². The molecule has 0 unspecified atom stereocenters. The Kier molecular flexibility index (Phi) is 7.75. The Bertz CT molecular complexity index is 884. The van der Waals surface area contributed by atoms with Crippen LogP contribution < -0.4 is 0 Å². The molecule has 0 saturated carbocycles. The molecule has 0 N–H and O–H groups in total. The quantitative estimate of drug-likeness (QED) is 0.494. The number of methoxy groups -OCH3 is 1. The van der Waals surface area contributed by atoms with E-state index in [0.29, 0.717) is 25.6 Å². The second-order valence-electron chi connectivity index (χ2n) is 7.42. The van der Waals surface area contributed by atoms with Crippen LogP contribution in [0.1, 0.15) is 36.8 Å². The van der Waals surface area contributed by atoms with Gasteiger partial charge in [0.15, 0.2) is 5.82 Å². The fourth-order valence-electron chi connectivity index (χ4n) is 3.56. The monoisotopic (exact) mass is 413 g/mol. The van der Waals surface area contributed by atoms with Crippen molar-refractivity contribution in [3.05, 3.63) is 76.6 Å². The molecule has 154 valence electrons. The molecule has 0 aliphatic heterocycles. The van der Waals surface area contributed by atoms with E-state index in [-0.39, 0.29) is 6.04 Å². The van der Waals surface area contributed by atoms with Crippen LogP contribution in [-0.2, 0) is 24.4 Å². The Balaban J connectivity index is 1.97. The third kappa shape index (κ3) is 5.63. The highest BCUT2D eigenvalue weighted by Crippen LogP contribution is 2.31. The van der Waals surface area contributed by atoms with Gasteiger partial charge in [0.2, 0.25) is 0 Å². The summed E-state index contributed by atoms with van der Waals surface area (Å²) in [6.45, 7) is 7.05. The predicted molar refractivity (Wildman–Crippen MR) is 114 cm³/mol. The van der Waals surface area contributed by atoms with Crippen LogP contribution in [0.25, 0.3) is 0 Å². The lowest BCUT2D eigenvalue weighted by atomic mass is 9.99. The van der Waals surface area contributed by atoms with Crippen LogP contribution in [0.5, 0.6) is 0 Å². The first-order valence-electron chi connectivity index (χ1n) is 9.86. The van der Waals surface area contributed by atoms with Crippen molar-refractivity contribution in [3.63, 3.8) is 0 Å². The minimum atomic E-state index is 0.0262. The van der Waals surface area contributed by atoms with Gasteiger partial charge < -0.3 is 4.74 Å². The Labute approximate surface area is 177 Å². The third-order valence-corrected chi connectivity index (χ3v) is 5.28. The molecular weight excluding hydrogens is 386 g/mol. The molecule has 3 aromatic rings. The molecule has 7 heteroatoms. The number of aromatic nitrogens is 4. The number of hydrogen-bond acceptors (Lipinski definition) is 5. The molecule has 0 amide bonds. The predicted octanol–water partition coefficient (Wildman–Crippen LogP) is 4.37. The average molecular weight is 414 g/mol. The number of rotatable bonds is 10. The van der Waals surface area contributed by atoms with Crippen molar-refractivity contribution in [3.8, 4) is 0 Å². The van der Waals surface area contributed by atoms with Gasteiger partial charge in [-0.25, -0.2) is 4.68 Å². The molecule has 0 aliphatic rings. The number of halogens is 1. The van der Waals surface area contributed by atoms with Crippen LogP contribution in [0.4, 0.5) is 0 Å². The van der Waals surface area contributed by atoms with Gasteiger partial charge in [0, 0.05) is 25.2 Å². The summed E-state index contributed by atoms with van der Waals surface area (Å²) in [5.41, 5.74) is 2.33. The SMILES string of the molecule is COCCn1nnnc1[C@H](C(C)C)N(Cc1ccccc1)Cc1ccccc1Cl. The number of hydrogen-bond donors (Lipinski definition) is 0. The highest BCUT2D eigenvalue weighted by molar-refractivity contribution is 6.31. The summed E-state index contributed by atoms with van der Waals surface area (Å²) in [4.78, 5) is 2.40. The summed E-state index contributed by atoms with van der Waals surface area (Å²) >= 11 is 6.49. The summed E-state index contributed by atoms with van der Waals surface area (Å²) in [6.07, 6.45) is 0. The number of nitrogens with zero attached hydrogens (tertiary/aromatic N) is 5. The van der Waals surface area contributed by atoms with Crippen LogP contribution in [0.3, 0.4) is 0 Å². The van der Waals surface area contributed by atoms with Crippen molar-refractivity contribution in [1.29, 1.82) is 0 Å². The molecule has 0 saturated heterocycles. The van der Waals surface area contributed by atoms with E-state index in [1.807, 2.05) is 28.9 Å². The lowest BCUT2D eigenvalue weighted by molar-refractivity contribution is 0.121. The van der Waals surface area contributed by atoms with Gasteiger partial charge in [-0.1, -0.05) is 74.0 Å². The lowest BCUT2D eigenvalue weighted by Gasteiger charge is -2.34. The molecule has 0 bridgehead atoms. The number of benzene rings is 2. The van der Waals surface area contributed by atoms with Crippen LogP contribution in [-0.4, -0.2) is 38.8 Å². The van der Waals surface area contributed by atoms with E-state index < -0.39 is 0 Å². The molecule has 29 heavy (non-hydrogen) atoms. The van der Waals surface area contributed by atoms with E-state index in [4.69, 9.17) is 16.3 Å². The zero-order valence-corrected chi connectivity index (χ0v) is 18.0. The largest absolute Gasteiger partial charge is 0.383 e. The first kappa shape index (κ1) is 21.4. The molecule has 1 heterocycles. The van der Waals surface area contributed by atoms with Crippen molar-refractivity contribution in [2.45, 2.75) is 39.5 Å². The van der Waals surface area contributed by atoms with Crippen LogP contribution in [0.15, 0.2) is 54.6 Å². The second kappa shape index (κ2) is 10.5. The first-order chi connectivity index (χ1) is 14.1. The molecule has 6 nitrogen and oxygen atoms in total. The fraction of sp³-hybridized carbons (Fsp3) is 0.409. The Morgan fingerprint density at radius 2 is 1.76 bits per heavy atom. The standard InChI is InChI=1S/C22H28ClN5O/c1-17(2)21(22-24-25-26-28(22)13-14-29-3)27(15-18-9-5-4-6-10-18)16-19-11-7-8-12-20(19)23/h4-12,17,21H,13-16H2,1-3H3/t21-/m0/s1. The van der Waals surface area contributed by atoms with E-state index in [9.17, 15) is 0 Å². The van der Waals surface area contributed by atoms with E-state index in [1.165, 1.54) is 5.56 Å². The van der Waals surface area contributed by atoms with Gasteiger partial charge in [-0.15, -0.1) is 5.10 Å². The molecule has 0 aliphatic carbocycles. The van der Waals surface area contributed by atoms with Gasteiger partial charge in [0.05, 0.1) is 19.2 Å². The zero-order valence-electron chi connectivity index (χ0n) is 17.2. The summed E-state index contributed by atoms with van der Waals surface area (Å²) in [5.74, 6) is 1.15. The van der Waals surface area contributed by atoms with Gasteiger partial charge in [0.1, 0.15) is 0 Å². The Morgan fingerprint density at radius 3 is 2.45 bits per heavy atom. The topological polar surface area (TPSA) is 56.1 Å². The summed E-state index contributed by atoms with van der Waals surface area (Å²) in [7, 11) is 1.68. The van der Waals surface area contributed by atoms with Gasteiger partial charge >= 0.3 is 0 Å². The van der Waals surface area contributed by atoms with Gasteiger partial charge in [-0.05, 0) is 33.5 Å². The molecule has 1 atom stereocenters. The van der Waals surface area contributed by atoms with Gasteiger partial charge in [0.25, 0.3) is 0 Å². The van der Waals surface area contributed by atoms with Crippen molar-refractivity contribution < 1.29 is 4.74 Å². The summed E-state index contributed by atoms with van der Waals surface area (Å²) in [6, 6.07) is 18.5. The number of ether oxygens (including phenoxy) is 1. The second-order valence-corrected chi connectivity index (χ2v) is 7.83. The zero-order chi connectivity index (χ0) is 20.6. The van der Waals surface area contributed by atoms with E-state index in [1.54, 1.807) is 7.11 Å². The molecular formula is C22H28ClN5O.